The van der Waals surface area contributed by atoms with Crippen LogP contribution >= 0.6 is 24.0 Å². The first-order valence-corrected chi connectivity index (χ1v) is 9.48. The fourth-order valence-electron chi connectivity index (χ4n) is 3.33. The second-order valence-electron chi connectivity index (χ2n) is 6.70. The molecule has 0 aromatic heterocycles. The number of hydrogen-bond acceptors (Lipinski definition) is 4. The Kier molecular flexibility index (Phi) is 9.41. The molecule has 1 aliphatic rings. The molecule has 0 aliphatic carbocycles. The van der Waals surface area contributed by atoms with Gasteiger partial charge in [0.15, 0.2) is 5.96 Å². The third kappa shape index (κ3) is 6.61. The van der Waals surface area contributed by atoms with Crippen molar-refractivity contribution in [2.45, 2.75) is 25.6 Å². The van der Waals surface area contributed by atoms with E-state index in [4.69, 9.17) is 4.74 Å². The Labute approximate surface area is 192 Å². The zero-order valence-corrected chi connectivity index (χ0v) is 19.3. The summed E-state index contributed by atoms with van der Waals surface area (Å²) in [7, 11) is 3.36. The fourth-order valence-corrected chi connectivity index (χ4v) is 3.33. The van der Waals surface area contributed by atoms with Gasteiger partial charge < -0.3 is 25.0 Å². The third-order valence-electron chi connectivity index (χ3n) is 4.79. The Morgan fingerprint density at radius 3 is 2.60 bits per heavy atom. The highest BCUT2D eigenvalue weighted by Crippen LogP contribution is 2.31. The van der Waals surface area contributed by atoms with Gasteiger partial charge in [-0.2, -0.15) is 8.78 Å². The molecule has 2 aromatic rings. The van der Waals surface area contributed by atoms with Gasteiger partial charge in [-0.25, -0.2) is 0 Å². The number of alkyl halides is 2. The number of anilines is 1. The molecule has 164 valence electrons. The van der Waals surface area contributed by atoms with Crippen LogP contribution < -0.4 is 25.0 Å². The number of para-hydroxylation sites is 2. The minimum atomic E-state index is -2.84. The largest absolute Gasteiger partial charge is 0.497 e. The predicted molar refractivity (Wildman–Crippen MR) is 125 cm³/mol. The zero-order valence-electron chi connectivity index (χ0n) is 17.0. The van der Waals surface area contributed by atoms with Gasteiger partial charge in [0.05, 0.1) is 12.8 Å². The van der Waals surface area contributed by atoms with E-state index < -0.39 is 6.61 Å². The lowest BCUT2D eigenvalue weighted by Gasteiger charge is -2.22. The monoisotopic (exact) mass is 532 g/mol. The van der Waals surface area contributed by atoms with Crippen molar-refractivity contribution < 1.29 is 18.3 Å². The molecule has 0 amide bonds. The summed E-state index contributed by atoms with van der Waals surface area (Å²) in [6.07, 6.45) is 0.867. The molecule has 0 radical (unpaired) electrons. The first-order valence-electron chi connectivity index (χ1n) is 9.48. The van der Waals surface area contributed by atoms with Crippen molar-refractivity contribution in [1.82, 2.24) is 10.6 Å². The molecule has 1 aliphatic heterocycles. The van der Waals surface area contributed by atoms with Gasteiger partial charge in [-0.15, -0.1) is 24.0 Å². The van der Waals surface area contributed by atoms with Gasteiger partial charge in [0.1, 0.15) is 11.5 Å². The smallest absolute Gasteiger partial charge is 0.387 e. The van der Waals surface area contributed by atoms with Crippen LogP contribution in [0, 0.1) is 0 Å². The van der Waals surface area contributed by atoms with Crippen molar-refractivity contribution in [1.29, 1.82) is 0 Å². The molecular weight excluding hydrogens is 505 g/mol. The number of guanidine groups is 1. The summed E-state index contributed by atoms with van der Waals surface area (Å²) >= 11 is 0. The Balaban J connectivity index is 0.00000320. The highest BCUT2D eigenvalue weighted by atomic mass is 127. The van der Waals surface area contributed by atoms with Crippen molar-refractivity contribution >= 4 is 35.6 Å². The van der Waals surface area contributed by atoms with Gasteiger partial charge in [-0.3, -0.25) is 4.99 Å². The maximum atomic E-state index is 12.7. The zero-order chi connectivity index (χ0) is 20.6. The second-order valence-corrected chi connectivity index (χ2v) is 6.70. The summed E-state index contributed by atoms with van der Waals surface area (Å²) in [5, 5.41) is 6.70. The molecule has 6 nitrogen and oxygen atoms in total. The number of ether oxygens (including phenoxy) is 2. The summed E-state index contributed by atoms with van der Waals surface area (Å²) in [6, 6.07) is 14.9. The summed E-state index contributed by atoms with van der Waals surface area (Å²) in [5.74, 6) is 1.72. The molecule has 2 aromatic carbocycles. The van der Waals surface area contributed by atoms with E-state index >= 15 is 0 Å². The predicted octanol–water partition coefficient (Wildman–Crippen LogP) is 3.86. The molecule has 9 heteroatoms. The Morgan fingerprint density at radius 1 is 1.20 bits per heavy atom. The number of aliphatic imine (C=N–C) groups is 1. The number of rotatable bonds is 7. The number of halogens is 3. The Morgan fingerprint density at radius 2 is 1.93 bits per heavy atom. The SMILES string of the molecule is CN=C(NCc1ccc(OC)cc1)NC1CCN(c2ccccc2OC(F)F)C1.I. The van der Waals surface area contributed by atoms with Crippen LogP contribution in [0.15, 0.2) is 53.5 Å². The lowest BCUT2D eigenvalue weighted by atomic mass is 10.2. The number of nitrogens with zero attached hydrogens (tertiary/aromatic N) is 2. The van der Waals surface area contributed by atoms with Crippen molar-refractivity contribution in [2.75, 3.05) is 32.1 Å². The number of benzene rings is 2. The average molecular weight is 532 g/mol. The standard InChI is InChI=1S/C21H26F2N4O2.HI/c1-24-21(25-13-15-7-9-17(28-2)10-8-15)26-16-11-12-27(14-16)18-5-3-4-6-19(18)29-20(22)23;/h3-10,16,20H,11-14H2,1-2H3,(H2,24,25,26);1H. The number of nitrogens with one attached hydrogen (secondary N) is 2. The van der Waals surface area contributed by atoms with E-state index in [2.05, 4.69) is 20.4 Å². The number of methoxy groups -OCH3 is 1. The molecule has 3 rings (SSSR count). The van der Waals surface area contributed by atoms with Crippen LogP contribution in [0.5, 0.6) is 11.5 Å². The van der Waals surface area contributed by atoms with Crippen LogP contribution in [0.4, 0.5) is 14.5 Å². The molecule has 1 heterocycles. The Bertz CT molecular complexity index is 821. The highest BCUT2D eigenvalue weighted by molar-refractivity contribution is 14.0. The second kappa shape index (κ2) is 11.8. The fraction of sp³-hybridized carbons (Fsp3) is 0.381. The molecule has 0 bridgehead atoms. The van der Waals surface area contributed by atoms with E-state index in [0.29, 0.717) is 24.7 Å². The summed E-state index contributed by atoms with van der Waals surface area (Å²) in [5.41, 5.74) is 1.79. The van der Waals surface area contributed by atoms with E-state index in [0.717, 1.165) is 24.3 Å². The van der Waals surface area contributed by atoms with Crippen LogP contribution in [0.25, 0.3) is 0 Å². The van der Waals surface area contributed by atoms with Gasteiger partial charge in [-0.05, 0) is 36.2 Å². The van der Waals surface area contributed by atoms with Crippen LogP contribution in [0.3, 0.4) is 0 Å². The van der Waals surface area contributed by atoms with Crippen LogP contribution in [-0.2, 0) is 6.54 Å². The van der Waals surface area contributed by atoms with Gasteiger partial charge in [0.2, 0.25) is 0 Å². The van der Waals surface area contributed by atoms with Crippen molar-refractivity contribution in [3.63, 3.8) is 0 Å². The van der Waals surface area contributed by atoms with E-state index in [1.165, 1.54) is 0 Å². The topological polar surface area (TPSA) is 58.1 Å². The first-order chi connectivity index (χ1) is 14.1. The first kappa shape index (κ1) is 24.0. The van der Waals surface area contributed by atoms with Crippen LogP contribution in [0.1, 0.15) is 12.0 Å². The number of hydrogen-bond donors (Lipinski definition) is 2. The molecule has 0 saturated carbocycles. The maximum absolute atomic E-state index is 12.7. The molecule has 1 atom stereocenters. The van der Waals surface area contributed by atoms with Crippen LogP contribution in [-0.4, -0.2) is 45.9 Å². The van der Waals surface area contributed by atoms with E-state index in [1.807, 2.05) is 35.2 Å². The van der Waals surface area contributed by atoms with Gasteiger partial charge in [0.25, 0.3) is 0 Å². The van der Waals surface area contributed by atoms with E-state index in [1.54, 1.807) is 32.4 Å². The Hall–Kier alpha value is -2.30. The summed E-state index contributed by atoms with van der Waals surface area (Å²) in [6.45, 7) is -0.789. The lowest BCUT2D eigenvalue weighted by Crippen LogP contribution is -2.44. The van der Waals surface area contributed by atoms with Crippen LogP contribution in [0.2, 0.25) is 0 Å². The molecule has 2 N–H and O–H groups in total. The third-order valence-corrected chi connectivity index (χ3v) is 4.79. The van der Waals surface area contributed by atoms with Gasteiger partial charge in [-0.1, -0.05) is 24.3 Å². The summed E-state index contributed by atoms with van der Waals surface area (Å²) in [4.78, 5) is 6.33. The highest BCUT2D eigenvalue weighted by Gasteiger charge is 2.26. The van der Waals surface area contributed by atoms with Crippen molar-refractivity contribution in [3.05, 3.63) is 54.1 Å². The minimum Gasteiger partial charge on any atom is -0.497 e. The van der Waals surface area contributed by atoms with E-state index in [-0.39, 0.29) is 35.8 Å². The minimum absolute atomic E-state index is 0. The van der Waals surface area contributed by atoms with E-state index in [9.17, 15) is 8.78 Å². The molecule has 0 spiro atoms. The quantitative estimate of drug-likeness (QED) is 0.323. The van der Waals surface area contributed by atoms with Crippen molar-refractivity contribution in [3.8, 4) is 11.5 Å². The maximum Gasteiger partial charge on any atom is 0.387 e. The molecule has 1 fully saturated rings. The molecular formula is C21H27F2IN4O2. The lowest BCUT2D eigenvalue weighted by molar-refractivity contribution is -0.0495. The average Bonchev–Trinajstić information content (AvgIpc) is 3.19. The summed E-state index contributed by atoms with van der Waals surface area (Å²) < 4.78 is 35.2. The van der Waals surface area contributed by atoms with Gasteiger partial charge in [0, 0.05) is 32.7 Å². The molecule has 30 heavy (non-hydrogen) atoms. The van der Waals surface area contributed by atoms with Crippen molar-refractivity contribution in [2.24, 2.45) is 4.99 Å². The molecule has 1 unspecified atom stereocenters. The molecule has 1 saturated heterocycles. The normalized spacial score (nSPS) is 16.2. The van der Waals surface area contributed by atoms with Gasteiger partial charge >= 0.3 is 6.61 Å².